The molecule has 0 radical (unpaired) electrons. The second-order valence-corrected chi connectivity index (χ2v) is 6.01. The first-order chi connectivity index (χ1) is 8.36. The van der Waals surface area contributed by atoms with E-state index in [-0.39, 0.29) is 17.0 Å². The zero-order chi connectivity index (χ0) is 13.3. The number of nitrogens with one attached hydrogen (secondary N) is 1. The van der Waals surface area contributed by atoms with Gasteiger partial charge in [-0.15, -0.1) is 0 Å². The van der Waals surface area contributed by atoms with Crippen LogP contribution in [0.3, 0.4) is 0 Å². The number of hydrogen-bond donors (Lipinski definition) is 3. The summed E-state index contributed by atoms with van der Waals surface area (Å²) in [4.78, 5) is 0.0107. The largest absolute Gasteiger partial charge is 0.399 e. The molecule has 7 heteroatoms. The number of nitrogen functional groups attached to an aromatic ring is 1. The fourth-order valence-electron chi connectivity index (χ4n) is 2.01. The van der Waals surface area contributed by atoms with Gasteiger partial charge in [0.15, 0.2) is 0 Å². The Hall–Kier alpha value is -1.31. The van der Waals surface area contributed by atoms with Crippen molar-refractivity contribution >= 4 is 21.4 Å². The number of nitrogens with two attached hydrogens (primary N) is 2. The van der Waals surface area contributed by atoms with Crippen LogP contribution in [0.5, 0.6) is 0 Å². The van der Waals surface area contributed by atoms with Gasteiger partial charge in [-0.1, -0.05) is 0 Å². The molecule has 1 aromatic carbocycles. The van der Waals surface area contributed by atoms with Gasteiger partial charge in [-0.2, -0.15) is 0 Å². The van der Waals surface area contributed by atoms with E-state index in [9.17, 15) is 8.42 Å². The lowest BCUT2D eigenvalue weighted by Gasteiger charge is -2.18. The van der Waals surface area contributed by atoms with Crippen LogP contribution >= 0.6 is 0 Å². The fourth-order valence-corrected chi connectivity index (χ4v) is 2.60. The molecule has 0 amide bonds. The number of ether oxygens (including phenoxy) is 1. The number of hydrogen-bond acceptors (Lipinski definition) is 5. The van der Waals surface area contributed by atoms with Crippen molar-refractivity contribution < 1.29 is 13.2 Å². The molecule has 2 atom stereocenters. The molecule has 0 spiro atoms. The van der Waals surface area contributed by atoms with E-state index in [1.54, 1.807) is 6.07 Å². The van der Waals surface area contributed by atoms with E-state index in [4.69, 9.17) is 15.6 Å². The first-order valence-corrected chi connectivity index (χ1v) is 7.22. The fraction of sp³-hybridized carbons (Fsp3) is 0.455. The summed E-state index contributed by atoms with van der Waals surface area (Å²) in [5, 5.41) is 8.31. The molecule has 100 valence electrons. The lowest BCUT2D eigenvalue weighted by atomic mass is 10.1. The minimum Gasteiger partial charge on any atom is -0.399 e. The minimum atomic E-state index is -3.75. The molecule has 5 N–H and O–H groups in total. The highest BCUT2D eigenvalue weighted by molar-refractivity contribution is 7.89. The summed E-state index contributed by atoms with van der Waals surface area (Å²) < 4.78 is 28.0. The molecule has 1 aromatic rings. The topological polar surface area (TPSA) is 107 Å². The highest BCUT2D eigenvalue weighted by atomic mass is 32.2. The molecule has 2 rings (SSSR count). The van der Waals surface area contributed by atoms with Crippen LogP contribution in [0.2, 0.25) is 0 Å². The summed E-state index contributed by atoms with van der Waals surface area (Å²) in [6, 6.07) is 4.66. The molecule has 1 saturated heterocycles. The molecule has 0 bridgehead atoms. The Morgan fingerprint density at radius 1 is 1.39 bits per heavy atom. The van der Waals surface area contributed by atoms with Crippen molar-refractivity contribution in [3.05, 3.63) is 18.2 Å². The average molecular weight is 271 g/mol. The number of benzene rings is 1. The molecule has 1 heterocycles. The first kappa shape index (κ1) is 13.1. The van der Waals surface area contributed by atoms with Gasteiger partial charge in [0.2, 0.25) is 10.0 Å². The summed E-state index contributed by atoms with van der Waals surface area (Å²) in [6.07, 6.45) is 0.963. The third-order valence-electron chi connectivity index (χ3n) is 2.99. The van der Waals surface area contributed by atoms with Gasteiger partial charge in [0.25, 0.3) is 0 Å². The van der Waals surface area contributed by atoms with Gasteiger partial charge in [0, 0.05) is 18.0 Å². The van der Waals surface area contributed by atoms with Crippen molar-refractivity contribution in [1.82, 2.24) is 0 Å². The highest BCUT2D eigenvalue weighted by Gasteiger charge is 2.24. The monoisotopic (exact) mass is 271 g/mol. The number of rotatable bonds is 3. The van der Waals surface area contributed by atoms with E-state index in [1.807, 2.05) is 6.92 Å². The van der Waals surface area contributed by atoms with E-state index >= 15 is 0 Å². The Bertz CT molecular complexity index is 544. The Balaban J connectivity index is 2.26. The zero-order valence-corrected chi connectivity index (χ0v) is 10.9. The van der Waals surface area contributed by atoms with Crippen molar-refractivity contribution in [2.45, 2.75) is 30.4 Å². The quantitative estimate of drug-likeness (QED) is 0.694. The van der Waals surface area contributed by atoms with Crippen LogP contribution < -0.4 is 16.2 Å². The molecular formula is C11H17N3O3S. The van der Waals surface area contributed by atoms with Gasteiger partial charge in [-0.3, -0.25) is 0 Å². The van der Waals surface area contributed by atoms with Crippen LogP contribution in [-0.2, 0) is 14.8 Å². The maximum atomic E-state index is 11.3. The van der Waals surface area contributed by atoms with Gasteiger partial charge >= 0.3 is 0 Å². The van der Waals surface area contributed by atoms with Gasteiger partial charge in [0.05, 0.1) is 17.0 Å². The van der Waals surface area contributed by atoms with Gasteiger partial charge in [-0.05, 0) is 31.5 Å². The molecule has 0 aromatic heterocycles. The molecule has 0 saturated carbocycles. The maximum Gasteiger partial charge on any atom is 0.238 e. The number of primary sulfonamides is 1. The average Bonchev–Trinajstić information content (AvgIpc) is 2.62. The molecule has 0 aliphatic carbocycles. The third-order valence-corrected chi connectivity index (χ3v) is 3.88. The molecule has 1 aliphatic heterocycles. The Morgan fingerprint density at radius 3 is 2.67 bits per heavy atom. The van der Waals surface area contributed by atoms with Gasteiger partial charge in [-0.25, -0.2) is 13.6 Å². The van der Waals surface area contributed by atoms with Crippen molar-refractivity contribution in [2.24, 2.45) is 5.14 Å². The van der Waals surface area contributed by atoms with E-state index < -0.39 is 10.0 Å². The molecule has 18 heavy (non-hydrogen) atoms. The summed E-state index contributed by atoms with van der Waals surface area (Å²) in [6.45, 7) is 2.67. The third kappa shape index (κ3) is 2.92. The van der Waals surface area contributed by atoms with Crippen LogP contribution in [0, 0.1) is 0 Å². The molecule has 2 unspecified atom stereocenters. The van der Waals surface area contributed by atoms with E-state index in [0.717, 1.165) is 6.42 Å². The number of sulfonamides is 1. The molecule has 6 nitrogen and oxygen atoms in total. The van der Waals surface area contributed by atoms with Gasteiger partial charge < -0.3 is 15.8 Å². The van der Waals surface area contributed by atoms with Crippen molar-refractivity contribution in [3.63, 3.8) is 0 Å². The Kier molecular flexibility index (Phi) is 3.47. The molecule has 1 fully saturated rings. The summed E-state index contributed by atoms with van der Waals surface area (Å²) in [5.74, 6) is 0. The van der Waals surface area contributed by atoms with Crippen molar-refractivity contribution in [2.75, 3.05) is 17.7 Å². The van der Waals surface area contributed by atoms with Crippen LogP contribution in [0.4, 0.5) is 11.4 Å². The van der Waals surface area contributed by atoms with E-state index in [1.165, 1.54) is 12.1 Å². The predicted octanol–water partition coefficient (Wildman–Crippen LogP) is 0.506. The SMILES string of the molecule is CC1OCCC1Nc1cc(N)cc(S(N)(=O)=O)c1. The van der Waals surface area contributed by atoms with E-state index in [0.29, 0.717) is 18.0 Å². The van der Waals surface area contributed by atoms with Crippen molar-refractivity contribution in [3.8, 4) is 0 Å². The standard InChI is InChI=1S/C11H17N3O3S/c1-7-11(2-3-17-7)14-9-4-8(12)5-10(6-9)18(13,15)16/h4-7,11,14H,2-3,12H2,1H3,(H2,13,15,16). The zero-order valence-electron chi connectivity index (χ0n) is 10.1. The second-order valence-electron chi connectivity index (χ2n) is 4.45. The molecule has 1 aliphatic rings. The lowest BCUT2D eigenvalue weighted by Crippen LogP contribution is -2.26. The number of anilines is 2. The highest BCUT2D eigenvalue weighted by Crippen LogP contribution is 2.23. The smallest absolute Gasteiger partial charge is 0.238 e. The Labute approximate surface area is 106 Å². The Morgan fingerprint density at radius 2 is 2.11 bits per heavy atom. The van der Waals surface area contributed by atoms with Crippen LogP contribution in [-0.4, -0.2) is 27.2 Å². The molecular weight excluding hydrogens is 254 g/mol. The summed E-state index contributed by atoms with van der Waals surface area (Å²) in [5.41, 5.74) is 6.67. The van der Waals surface area contributed by atoms with Gasteiger partial charge in [0.1, 0.15) is 0 Å². The predicted molar refractivity (Wildman–Crippen MR) is 69.7 cm³/mol. The summed E-state index contributed by atoms with van der Waals surface area (Å²) >= 11 is 0. The normalized spacial score (nSPS) is 24.1. The van der Waals surface area contributed by atoms with E-state index in [2.05, 4.69) is 5.32 Å². The van der Waals surface area contributed by atoms with Crippen LogP contribution in [0.25, 0.3) is 0 Å². The van der Waals surface area contributed by atoms with Crippen LogP contribution in [0.1, 0.15) is 13.3 Å². The minimum absolute atomic E-state index is 0.0107. The second kappa shape index (κ2) is 4.75. The van der Waals surface area contributed by atoms with Crippen LogP contribution in [0.15, 0.2) is 23.1 Å². The maximum absolute atomic E-state index is 11.3. The summed E-state index contributed by atoms with van der Waals surface area (Å²) in [7, 11) is -3.75. The first-order valence-electron chi connectivity index (χ1n) is 5.68. The lowest BCUT2D eigenvalue weighted by molar-refractivity contribution is 0.121. The van der Waals surface area contributed by atoms with Crippen molar-refractivity contribution in [1.29, 1.82) is 0 Å².